The topological polar surface area (TPSA) is 43.6 Å². The summed E-state index contributed by atoms with van der Waals surface area (Å²) in [5, 5.41) is 6.59. The van der Waals surface area contributed by atoms with Crippen LogP contribution in [0.1, 0.15) is 5.69 Å². The van der Waals surface area contributed by atoms with Crippen LogP contribution in [0.2, 0.25) is 5.28 Å². The number of rotatable bonds is 2. The molecule has 4 nitrogen and oxygen atoms in total. The number of fused-ring (bicyclic) bond motifs is 1. The average Bonchev–Trinajstić information content (AvgIpc) is 2.54. The van der Waals surface area contributed by atoms with Crippen molar-refractivity contribution in [2.24, 2.45) is 0 Å². The lowest BCUT2D eigenvalue weighted by molar-refractivity contribution is 0.986. The fourth-order valence-corrected chi connectivity index (χ4v) is 3.60. The maximum atomic E-state index is 5.86. The number of halogens is 2. The van der Waals surface area contributed by atoms with E-state index in [4.69, 9.17) is 11.6 Å². The second-order valence-corrected chi connectivity index (χ2v) is 5.96. The third-order valence-corrected chi connectivity index (χ3v) is 4.61. The minimum atomic E-state index is 0.280. The molecule has 0 amide bonds. The number of aryl methyl sites for hydroxylation is 1. The van der Waals surface area contributed by atoms with Gasteiger partial charge in [-0.2, -0.15) is 10.1 Å². The first-order chi connectivity index (χ1) is 7.17. The Bertz CT molecular complexity index is 517. The monoisotopic (exact) mass is 372 g/mol. The summed E-state index contributed by atoms with van der Waals surface area (Å²) in [5.74, 6) is 0. The Kier molecular flexibility index (Phi) is 3.70. The van der Waals surface area contributed by atoms with E-state index in [1.807, 2.05) is 17.6 Å². The van der Waals surface area contributed by atoms with Crippen LogP contribution in [0.15, 0.2) is 5.03 Å². The van der Waals surface area contributed by atoms with Gasteiger partial charge >= 0.3 is 0 Å². The van der Waals surface area contributed by atoms with Gasteiger partial charge in [0, 0.05) is 0 Å². The van der Waals surface area contributed by atoms with E-state index >= 15 is 0 Å². The molecule has 0 spiro atoms. The van der Waals surface area contributed by atoms with E-state index in [0.717, 1.165) is 21.8 Å². The highest BCUT2D eigenvalue weighted by Gasteiger charge is 2.14. The highest BCUT2D eigenvalue weighted by atomic mass is 127. The zero-order chi connectivity index (χ0) is 11.0. The summed E-state index contributed by atoms with van der Waals surface area (Å²) in [6.07, 6.45) is 2.49. The number of hydrogen-bond donors (Lipinski definition) is 0. The number of nitrogens with zero attached hydrogens (tertiary/aromatic N) is 4. The lowest BCUT2D eigenvalue weighted by Gasteiger charge is -2.00. The average molecular weight is 373 g/mol. The molecule has 0 radical (unpaired) electrons. The van der Waals surface area contributed by atoms with Crippen LogP contribution in [0.3, 0.4) is 0 Å². The van der Waals surface area contributed by atoms with Crippen molar-refractivity contribution in [3.8, 4) is 0 Å². The summed E-state index contributed by atoms with van der Waals surface area (Å²) in [5.41, 5.74) is 1.78. The van der Waals surface area contributed by atoms with Crippen LogP contribution in [-0.2, 0) is 0 Å². The lowest BCUT2D eigenvalue weighted by atomic mass is 10.3. The second kappa shape index (κ2) is 4.69. The minimum Gasteiger partial charge on any atom is -0.219 e. The molecule has 80 valence electrons. The first-order valence-electron chi connectivity index (χ1n) is 4.01. The van der Waals surface area contributed by atoms with E-state index in [0.29, 0.717) is 6.37 Å². The van der Waals surface area contributed by atoms with Crippen LogP contribution >= 0.6 is 51.8 Å². The highest BCUT2D eigenvalue weighted by Crippen LogP contribution is 2.33. The van der Waals surface area contributed by atoms with Gasteiger partial charge < -0.3 is 0 Å². The molecular weight excluding hydrogens is 366 g/mol. The molecule has 0 aliphatic carbocycles. The van der Waals surface area contributed by atoms with Gasteiger partial charge in [-0.3, -0.25) is 0 Å². The van der Waals surface area contributed by atoms with Crippen molar-refractivity contribution in [2.75, 3.05) is 6.26 Å². The molecule has 0 aliphatic heterocycles. The van der Waals surface area contributed by atoms with Crippen molar-refractivity contribution in [1.82, 2.24) is 19.5 Å². The smallest absolute Gasteiger partial charge is 0.219 e. The summed E-state index contributed by atoms with van der Waals surface area (Å²) >= 11 is 9.70. The molecule has 0 saturated carbocycles. The van der Waals surface area contributed by atoms with Crippen LogP contribution in [0, 0.1) is 6.92 Å². The summed E-state index contributed by atoms with van der Waals surface area (Å²) in [6, 6.07) is 0. The summed E-state index contributed by atoms with van der Waals surface area (Å²) in [6.45, 7) is 1.96. The molecule has 0 saturated heterocycles. The molecule has 0 N–H and O–H groups in total. The van der Waals surface area contributed by atoms with Gasteiger partial charge in [0.1, 0.15) is 5.03 Å². The Labute approximate surface area is 111 Å². The quantitative estimate of drug-likeness (QED) is 0.267. The van der Waals surface area contributed by atoms with E-state index < -0.39 is 0 Å². The lowest BCUT2D eigenvalue weighted by Crippen LogP contribution is -1.90. The van der Waals surface area contributed by atoms with E-state index in [9.17, 15) is 0 Å². The molecule has 1 unspecified atom stereocenters. The Morgan fingerprint density at radius 1 is 1.47 bits per heavy atom. The van der Waals surface area contributed by atoms with Crippen LogP contribution in [0.4, 0.5) is 0 Å². The third kappa shape index (κ3) is 2.09. The van der Waals surface area contributed by atoms with Crippen molar-refractivity contribution in [3.05, 3.63) is 11.0 Å². The first kappa shape index (κ1) is 11.8. The fraction of sp³-hybridized carbons (Fsp3) is 0.286. The van der Waals surface area contributed by atoms with E-state index in [1.54, 1.807) is 11.8 Å². The Morgan fingerprint density at radius 3 is 2.80 bits per heavy atom. The zero-order valence-electron chi connectivity index (χ0n) is 7.95. The molecule has 0 fully saturated rings. The van der Waals surface area contributed by atoms with Crippen LogP contribution in [0.25, 0.3) is 11.0 Å². The van der Waals surface area contributed by atoms with Gasteiger partial charge in [0.25, 0.3) is 0 Å². The van der Waals surface area contributed by atoms with Gasteiger partial charge in [-0.15, -0.1) is 11.8 Å². The van der Waals surface area contributed by atoms with Gasteiger partial charge in [-0.25, -0.2) is 9.44 Å². The maximum absolute atomic E-state index is 5.86. The Morgan fingerprint density at radius 2 is 2.20 bits per heavy atom. The predicted octanol–water partition coefficient (Wildman–Crippen LogP) is 3.30. The van der Waals surface area contributed by atoms with E-state index in [2.05, 4.69) is 37.1 Å². The van der Waals surface area contributed by atoms with Gasteiger partial charge in [0.05, 0.1) is 17.5 Å². The zero-order valence-corrected chi connectivity index (χ0v) is 12.7. The molecule has 2 aromatic rings. The molecule has 1 atom stereocenters. The SMILES string of the molecule is CSc1nc(Cl)nc2c1c(C)nn2PI. The van der Waals surface area contributed by atoms with E-state index in [-0.39, 0.29) is 5.28 Å². The normalized spacial score (nSPS) is 12.0. The second-order valence-electron chi connectivity index (χ2n) is 2.78. The molecule has 0 bridgehead atoms. The molecule has 0 aromatic carbocycles. The van der Waals surface area contributed by atoms with Gasteiger partial charge in [-0.1, -0.05) is 0 Å². The van der Waals surface area contributed by atoms with Crippen molar-refractivity contribution in [2.45, 2.75) is 11.9 Å². The van der Waals surface area contributed by atoms with E-state index in [1.165, 1.54) is 0 Å². The number of aromatic nitrogens is 4. The minimum absolute atomic E-state index is 0.280. The predicted molar refractivity (Wildman–Crippen MR) is 74.6 cm³/mol. The molecule has 0 aliphatic rings. The molecule has 2 aromatic heterocycles. The number of hydrogen-bond acceptors (Lipinski definition) is 4. The molecule has 15 heavy (non-hydrogen) atoms. The number of thioether (sulfide) groups is 1. The fourth-order valence-electron chi connectivity index (χ4n) is 1.33. The standard InChI is InChI=1S/C7H7ClIN4PS/c1-3-4-5(13(12-3)14-9)10-7(8)11-6(4)15-2/h14H,1-2H3. The summed E-state index contributed by atoms with van der Waals surface area (Å²) in [4.78, 5) is 8.41. The molecule has 2 heterocycles. The van der Waals surface area contributed by atoms with Gasteiger partial charge in [-0.05, 0) is 46.8 Å². The van der Waals surface area contributed by atoms with Crippen LogP contribution in [-0.4, -0.2) is 25.8 Å². The van der Waals surface area contributed by atoms with Gasteiger partial charge in [0.2, 0.25) is 5.28 Å². The molecule has 8 heteroatoms. The molecular formula is C7H7ClIN4PS. The van der Waals surface area contributed by atoms with Crippen molar-refractivity contribution in [3.63, 3.8) is 0 Å². The van der Waals surface area contributed by atoms with Crippen LogP contribution < -0.4 is 0 Å². The first-order valence-corrected chi connectivity index (χ1v) is 9.67. The van der Waals surface area contributed by atoms with Crippen molar-refractivity contribution >= 4 is 62.8 Å². The molecule has 2 rings (SSSR count). The van der Waals surface area contributed by atoms with Crippen molar-refractivity contribution in [1.29, 1.82) is 0 Å². The Balaban J connectivity index is 2.85. The van der Waals surface area contributed by atoms with Gasteiger partial charge in [0.15, 0.2) is 5.65 Å². The highest BCUT2D eigenvalue weighted by molar-refractivity contribution is 14.2. The Hall–Kier alpha value is 0.350. The maximum Gasteiger partial charge on any atom is 0.225 e. The summed E-state index contributed by atoms with van der Waals surface area (Å²) in [7, 11) is 0. The third-order valence-electron chi connectivity index (χ3n) is 1.92. The summed E-state index contributed by atoms with van der Waals surface area (Å²) < 4.78 is 1.86. The van der Waals surface area contributed by atoms with Crippen LogP contribution in [0.5, 0.6) is 0 Å². The van der Waals surface area contributed by atoms with Crippen molar-refractivity contribution < 1.29 is 0 Å². The largest absolute Gasteiger partial charge is 0.225 e.